The minimum Gasteiger partial charge on any atom is -0.496 e. The van der Waals surface area contributed by atoms with E-state index in [1.807, 2.05) is 35.1 Å². The van der Waals surface area contributed by atoms with Crippen LogP contribution >= 0.6 is 0 Å². The van der Waals surface area contributed by atoms with Gasteiger partial charge in [0.1, 0.15) is 24.8 Å². The van der Waals surface area contributed by atoms with Gasteiger partial charge >= 0.3 is 0 Å². The van der Waals surface area contributed by atoms with Crippen molar-refractivity contribution in [3.63, 3.8) is 0 Å². The van der Waals surface area contributed by atoms with Gasteiger partial charge in [0.2, 0.25) is 0 Å². The standard InChI is InChI=1S/C19H17N5O3/c1-25-15-9-17-16(26-6-7-27-17)8-14(15)19-21-3-4-23(19)12-13-10-22-18-11-20-2-5-24(13)18/h2-5,8-11H,6-7,12H2,1H3. The van der Waals surface area contributed by atoms with Gasteiger partial charge in [-0.15, -0.1) is 0 Å². The molecular weight excluding hydrogens is 346 g/mol. The number of imidazole rings is 2. The first-order valence-electron chi connectivity index (χ1n) is 8.58. The number of aromatic nitrogens is 5. The molecule has 0 saturated carbocycles. The van der Waals surface area contributed by atoms with Gasteiger partial charge in [-0.1, -0.05) is 0 Å². The summed E-state index contributed by atoms with van der Waals surface area (Å²) in [5, 5.41) is 0. The van der Waals surface area contributed by atoms with E-state index in [2.05, 4.69) is 19.5 Å². The molecule has 27 heavy (non-hydrogen) atoms. The summed E-state index contributed by atoms with van der Waals surface area (Å²) < 4.78 is 21.0. The largest absolute Gasteiger partial charge is 0.496 e. The van der Waals surface area contributed by atoms with E-state index >= 15 is 0 Å². The first-order valence-corrected chi connectivity index (χ1v) is 8.58. The van der Waals surface area contributed by atoms with Gasteiger partial charge in [-0.3, -0.25) is 9.38 Å². The summed E-state index contributed by atoms with van der Waals surface area (Å²) in [6.07, 6.45) is 10.9. The number of fused-ring (bicyclic) bond motifs is 2. The molecule has 0 atom stereocenters. The predicted molar refractivity (Wildman–Crippen MR) is 97.3 cm³/mol. The van der Waals surface area contributed by atoms with E-state index in [1.54, 1.807) is 25.7 Å². The van der Waals surface area contributed by atoms with E-state index in [4.69, 9.17) is 14.2 Å². The van der Waals surface area contributed by atoms with E-state index < -0.39 is 0 Å². The van der Waals surface area contributed by atoms with Crippen LogP contribution in [-0.4, -0.2) is 44.2 Å². The maximum absolute atomic E-state index is 5.73. The molecule has 3 aromatic heterocycles. The van der Waals surface area contributed by atoms with E-state index in [0.717, 1.165) is 22.7 Å². The van der Waals surface area contributed by atoms with Gasteiger partial charge in [0, 0.05) is 30.9 Å². The van der Waals surface area contributed by atoms with Crippen molar-refractivity contribution in [1.29, 1.82) is 0 Å². The molecule has 0 unspecified atom stereocenters. The van der Waals surface area contributed by atoms with Crippen LogP contribution in [0.15, 0.2) is 49.3 Å². The number of rotatable bonds is 4. The topological polar surface area (TPSA) is 75.7 Å². The summed E-state index contributed by atoms with van der Waals surface area (Å²) >= 11 is 0. The molecule has 8 nitrogen and oxygen atoms in total. The van der Waals surface area contributed by atoms with E-state index in [9.17, 15) is 0 Å². The highest BCUT2D eigenvalue weighted by molar-refractivity contribution is 5.70. The van der Waals surface area contributed by atoms with Gasteiger partial charge < -0.3 is 18.8 Å². The van der Waals surface area contributed by atoms with Crippen LogP contribution in [0.25, 0.3) is 17.0 Å². The van der Waals surface area contributed by atoms with Gasteiger partial charge in [-0.05, 0) is 6.07 Å². The van der Waals surface area contributed by atoms with Crippen LogP contribution in [0.4, 0.5) is 0 Å². The smallest absolute Gasteiger partial charge is 0.165 e. The minimum atomic E-state index is 0.531. The lowest BCUT2D eigenvalue weighted by Crippen LogP contribution is -2.15. The van der Waals surface area contributed by atoms with Crippen molar-refractivity contribution < 1.29 is 14.2 Å². The molecule has 0 bridgehead atoms. The minimum absolute atomic E-state index is 0.531. The zero-order chi connectivity index (χ0) is 18.2. The van der Waals surface area contributed by atoms with E-state index in [0.29, 0.717) is 37.0 Å². The van der Waals surface area contributed by atoms with Gasteiger partial charge in [0.15, 0.2) is 17.1 Å². The Bertz CT molecular complexity index is 1120. The molecule has 136 valence electrons. The monoisotopic (exact) mass is 363 g/mol. The van der Waals surface area contributed by atoms with Crippen LogP contribution in [0.5, 0.6) is 17.2 Å². The molecule has 0 spiro atoms. The predicted octanol–water partition coefficient (Wildman–Crippen LogP) is 2.42. The number of ether oxygens (including phenoxy) is 3. The van der Waals surface area contributed by atoms with Crippen molar-refractivity contribution in [2.75, 3.05) is 20.3 Å². The Balaban J connectivity index is 1.57. The van der Waals surface area contributed by atoms with Crippen molar-refractivity contribution in [1.82, 2.24) is 23.9 Å². The fraction of sp³-hybridized carbons (Fsp3) is 0.211. The van der Waals surface area contributed by atoms with Gasteiger partial charge in [0.05, 0.1) is 37.3 Å². The third-order valence-electron chi connectivity index (χ3n) is 4.55. The van der Waals surface area contributed by atoms with Crippen LogP contribution in [0.3, 0.4) is 0 Å². The first kappa shape index (κ1) is 15.7. The fourth-order valence-corrected chi connectivity index (χ4v) is 3.28. The third-order valence-corrected chi connectivity index (χ3v) is 4.55. The Kier molecular flexibility index (Phi) is 3.67. The molecule has 1 aromatic carbocycles. The Morgan fingerprint density at radius 1 is 1.04 bits per heavy atom. The number of benzene rings is 1. The maximum Gasteiger partial charge on any atom is 0.165 e. The van der Waals surface area contributed by atoms with Crippen molar-refractivity contribution in [2.24, 2.45) is 0 Å². The Morgan fingerprint density at radius 2 is 1.89 bits per heavy atom. The van der Waals surface area contributed by atoms with Crippen molar-refractivity contribution >= 4 is 5.65 Å². The second-order valence-corrected chi connectivity index (χ2v) is 6.13. The molecule has 0 aliphatic carbocycles. The number of hydrogen-bond acceptors (Lipinski definition) is 6. The van der Waals surface area contributed by atoms with Crippen LogP contribution in [0.1, 0.15) is 5.69 Å². The summed E-state index contributed by atoms with van der Waals surface area (Å²) in [5.74, 6) is 2.86. The van der Waals surface area contributed by atoms with Crippen LogP contribution in [0.2, 0.25) is 0 Å². The molecule has 0 N–H and O–H groups in total. The van der Waals surface area contributed by atoms with Crippen LogP contribution in [-0.2, 0) is 6.54 Å². The van der Waals surface area contributed by atoms with Crippen LogP contribution < -0.4 is 14.2 Å². The van der Waals surface area contributed by atoms with Crippen molar-refractivity contribution in [3.8, 4) is 28.6 Å². The number of methoxy groups -OCH3 is 1. The van der Waals surface area contributed by atoms with E-state index in [1.165, 1.54) is 0 Å². The lowest BCUT2D eigenvalue weighted by Gasteiger charge is -2.21. The summed E-state index contributed by atoms with van der Waals surface area (Å²) in [6, 6.07) is 3.77. The Hall–Kier alpha value is -3.55. The Labute approximate surface area is 155 Å². The summed E-state index contributed by atoms with van der Waals surface area (Å²) in [6.45, 7) is 1.68. The van der Waals surface area contributed by atoms with E-state index in [-0.39, 0.29) is 0 Å². The fourth-order valence-electron chi connectivity index (χ4n) is 3.28. The number of hydrogen-bond donors (Lipinski definition) is 0. The Morgan fingerprint density at radius 3 is 2.74 bits per heavy atom. The maximum atomic E-state index is 5.73. The zero-order valence-corrected chi connectivity index (χ0v) is 14.7. The summed E-state index contributed by atoms with van der Waals surface area (Å²) in [5.41, 5.74) is 2.69. The molecule has 4 heterocycles. The molecule has 0 saturated heterocycles. The summed E-state index contributed by atoms with van der Waals surface area (Å²) in [4.78, 5) is 13.1. The highest BCUT2D eigenvalue weighted by Crippen LogP contribution is 2.41. The molecular formula is C19H17N5O3. The molecule has 1 aliphatic rings. The number of nitrogens with zero attached hydrogens (tertiary/aromatic N) is 5. The lowest BCUT2D eigenvalue weighted by molar-refractivity contribution is 0.171. The second-order valence-electron chi connectivity index (χ2n) is 6.13. The molecule has 0 fully saturated rings. The molecule has 8 heteroatoms. The van der Waals surface area contributed by atoms with Gasteiger partial charge in [-0.25, -0.2) is 9.97 Å². The average molecular weight is 363 g/mol. The summed E-state index contributed by atoms with van der Waals surface area (Å²) in [7, 11) is 1.64. The molecule has 4 aromatic rings. The zero-order valence-electron chi connectivity index (χ0n) is 14.7. The molecule has 0 amide bonds. The molecule has 1 aliphatic heterocycles. The van der Waals surface area contributed by atoms with Crippen molar-refractivity contribution in [3.05, 3.63) is 55.0 Å². The lowest BCUT2D eigenvalue weighted by atomic mass is 10.1. The average Bonchev–Trinajstić information content (AvgIpc) is 3.34. The third kappa shape index (κ3) is 2.66. The molecule has 5 rings (SSSR count). The van der Waals surface area contributed by atoms with Gasteiger partial charge in [-0.2, -0.15) is 0 Å². The van der Waals surface area contributed by atoms with Gasteiger partial charge in [0.25, 0.3) is 0 Å². The highest BCUT2D eigenvalue weighted by atomic mass is 16.6. The first-order chi connectivity index (χ1) is 13.3. The van der Waals surface area contributed by atoms with Crippen LogP contribution in [0, 0.1) is 0 Å². The van der Waals surface area contributed by atoms with Crippen molar-refractivity contribution in [2.45, 2.75) is 6.54 Å². The quantitative estimate of drug-likeness (QED) is 0.554. The second kappa shape index (κ2) is 6.31. The SMILES string of the molecule is COc1cc2c(cc1-c1nccn1Cc1cnc3cnccn13)OCCO2. The highest BCUT2D eigenvalue weighted by Gasteiger charge is 2.20. The molecule has 0 radical (unpaired) electrons. The normalized spacial score (nSPS) is 13.1.